The lowest BCUT2D eigenvalue weighted by Gasteiger charge is -2.19. The summed E-state index contributed by atoms with van der Waals surface area (Å²) in [6.45, 7) is 2.99. The minimum absolute atomic E-state index is 0.222. The first-order valence-electron chi connectivity index (χ1n) is 7.97. The third kappa shape index (κ3) is 3.35. The molecule has 6 heteroatoms. The van der Waals surface area contributed by atoms with Gasteiger partial charge in [-0.05, 0) is 72.0 Å². The van der Waals surface area contributed by atoms with E-state index in [1.54, 1.807) is 25.1 Å². The van der Waals surface area contributed by atoms with Crippen LogP contribution in [0.15, 0.2) is 52.9 Å². The Morgan fingerprint density at radius 1 is 1.04 bits per heavy atom. The van der Waals surface area contributed by atoms with Crippen LogP contribution in [-0.4, -0.2) is 30.7 Å². The summed E-state index contributed by atoms with van der Waals surface area (Å²) in [6, 6.07) is 10.6. The summed E-state index contributed by atoms with van der Waals surface area (Å²) in [4.78, 5) is 0.222. The first-order chi connectivity index (χ1) is 12.0. The quantitative estimate of drug-likeness (QED) is 0.809. The second kappa shape index (κ2) is 6.16. The third-order valence-electron chi connectivity index (χ3n) is 4.41. The van der Waals surface area contributed by atoms with E-state index >= 15 is 0 Å². The van der Waals surface area contributed by atoms with E-state index < -0.39 is 21.4 Å². The molecule has 0 radical (unpaired) electrons. The van der Waals surface area contributed by atoms with Gasteiger partial charge in [0.2, 0.25) is 0 Å². The maximum absolute atomic E-state index is 13.7. The van der Waals surface area contributed by atoms with Gasteiger partial charge in [0.1, 0.15) is 5.82 Å². The van der Waals surface area contributed by atoms with Gasteiger partial charge in [-0.25, -0.2) is 12.8 Å². The molecule has 2 aromatic rings. The Labute approximate surface area is 151 Å². The highest BCUT2D eigenvalue weighted by atomic mass is 32.2. The number of benzene rings is 2. The minimum Gasteiger partial charge on any atom is -0.362 e. The number of aliphatic hydroxyl groups is 2. The second-order valence-corrected chi connectivity index (χ2v) is 8.63. The summed E-state index contributed by atoms with van der Waals surface area (Å²) in [5.74, 6) is -2.57. The summed E-state index contributed by atoms with van der Waals surface area (Å²) in [7, 11) is -3.28. The van der Waals surface area contributed by atoms with Crippen LogP contribution in [0.25, 0.3) is 17.2 Å². The lowest BCUT2D eigenvalue weighted by atomic mass is 9.98. The van der Waals surface area contributed by atoms with Crippen LogP contribution < -0.4 is 0 Å². The Hall–Kier alpha value is -2.28. The van der Waals surface area contributed by atoms with Gasteiger partial charge in [-0.3, -0.25) is 0 Å². The van der Waals surface area contributed by atoms with Gasteiger partial charge in [0.15, 0.2) is 15.6 Å². The van der Waals surface area contributed by atoms with Crippen molar-refractivity contribution in [2.75, 3.05) is 6.26 Å². The molecule has 0 aromatic heterocycles. The first-order valence-corrected chi connectivity index (χ1v) is 9.86. The molecule has 0 atom stereocenters. The van der Waals surface area contributed by atoms with Crippen LogP contribution in [0.3, 0.4) is 0 Å². The van der Waals surface area contributed by atoms with Gasteiger partial charge in [0.25, 0.3) is 0 Å². The van der Waals surface area contributed by atoms with Crippen molar-refractivity contribution in [1.82, 2.24) is 0 Å². The molecule has 1 aliphatic rings. The third-order valence-corrected chi connectivity index (χ3v) is 5.54. The van der Waals surface area contributed by atoms with E-state index in [9.17, 15) is 23.0 Å². The van der Waals surface area contributed by atoms with Crippen molar-refractivity contribution < 1.29 is 23.0 Å². The molecule has 0 heterocycles. The molecular weight excluding hydrogens is 355 g/mol. The normalized spacial score (nSPS) is 16.3. The van der Waals surface area contributed by atoms with E-state index in [1.807, 2.05) is 6.08 Å². The number of hydrogen-bond donors (Lipinski definition) is 2. The summed E-state index contributed by atoms with van der Waals surface area (Å²) in [5.41, 5.74) is 3.50. The van der Waals surface area contributed by atoms with E-state index in [2.05, 4.69) is 0 Å². The molecule has 26 heavy (non-hydrogen) atoms. The van der Waals surface area contributed by atoms with Crippen molar-refractivity contribution in [3.05, 3.63) is 70.5 Å². The average molecular weight is 374 g/mol. The van der Waals surface area contributed by atoms with E-state index in [-0.39, 0.29) is 10.5 Å². The van der Waals surface area contributed by atoms with Crippen molar-refractivity contribution in [3.63, 3.8) is 0 Å². The molecule has 0 fully saturated rings. The van der Waals surface area contributed by atoms with Crippen molar-refractivity contribution in [2.45, 2.75) is 24.5 Å². The van der Waals surface area contributed by atoms with Crippen LogP contribution in [0.4, 0.5) is 4.39 Å². The Morgan fingerprint density at radius 2 is 1.65 bits per heavy atom. The zero-order chi connectivity index (χ0) is 19.3. The molecule has 1 aliphatic carbocycles. The van der Waals surface area contributed by atoms with Crippen molar-refractivity contribution >= 4 is 27.1 Å². The molecule has 4 nitrogen and oxygen atoms in total. The zero-order valence-corrected chi connectivity index (χ0v) is 15.4. The molecular formula is C20H19FO4S. The highest BCUT2D eigenvalue weighted by molar-refractivity contribution is 7.90. The molecule has 3 rings (SSSR count). The number of hydrogen-bond acceptors (Lipinski definition) is 4. The summed E-state index contributed by atoms with van der Waals surface area (Å²) in [5, 5.41) is 20.2. The lowest BCUT2D eigenvalue weighted by Crippen LogP contribution is -2.25. The predicted octanol–water partition coefficient (Wildman–Crippen LogP) is 3.26. The largest absolute Gasteiger partial charge is 0.362 e. The van der Waals surface area contributed by atoms with Gasteiger partial charge < -0.3 is 10.2 Å². The fraction of sp³-hybridized carbons (Fsp3) is 0.200. The molecule has 0 bridgehead atoms. The van der Waals surface area contributed by atoms with Crippen LogP contribution in [0.1, 0.15) is 30.5 Å². The summed E-state index contributed by atoms with van der Waals surface area (Å²) in [6.07, 6.45) is 2.96. The molecule has 2 aromatic carbocycles. The maximum Gasteiger partial charge on any atom is 0.187 e. The smallest absolute Gasteiger partial charge is 0.187 e. The van der Waals surface area contributed by atoms with Gasteiger partial charge in [-0.2, -0.15) is 0 Å². The van der Waals surface area contributed by atoms with Gasteiger partial charge >= 0.3 is 0 Å². The van der Waals surface area contributed by atoms with Crippen LogP contribution in [0, 0.1) is 5.82 Å². The number of sulfone groups is 1. The van der Waals surface area contributed by atoms with Crippen LogP contribution in [0.5, 0.6) is 0 Å². The van der Waals surface area contributed by atoms with E-state index in [4.69, 9.17) is 0 Å². The molecule has 0 aliphatic heterocycles. The molecule has 0 unspecified atom stereocenters. The van der Waals surface area contributed by atoms with E-state index in [1.165, 1.54) is 31.2 Å². The lowest BCUT2D eigenvalue weighted by molar-refractivity contribution is -0.0909. The van der Waals surface area contributed by atoms with Crippen LogP contribution in [-0.2, 0) is 9.84 Å². The predicted molar refractivity (Wildman–Crippen MR) is 99.3 cm³/mol. The Morgan fingerprint density at radius 3 is 2.19 bits per heavy atom. The summed E-state index contributed by atoms with van der Waals surface area (Å²) < 4.78 is 36.8. The molecule has 0 amide bonds. The van der Waals surface area contributed by atoms with Gasteiger partial charge in [0, 0.05) is 11.8 Å². The van der Waals surface area contributed by atoms with Gasteiger partial charge in [-0.1, -0.05) is 18.2 Å². The standard InChI is InChI=1S/C20H19FO4S/c1-12-17(10-13-4-7-15(8-5-13)26(3,24)25)16-9-6-14(21)11-18(16)19(12)20(2,22)23/h4-11,22-23H,1-3H3/b17-10-. The number of halogens is 1. The Balaban J connectivity index is 2.16. The molecule has 0 spiro atoms. The van der Waals surface area contributed by atoms with Gasteiger partial charge in [-0.15, -0.1) is 0 Å². The van der Waals surface area contributed by atoms with Crippen molar-refractivity contribution in [1.29, 1.82) is 0 Å². The van der Waals surface area contributed by atoms with Crippen LogP contribution >= 0.6 is 0 Å². The first kappa shape index (κ1) is 18.5. The van der Waals surface area contributed by atoms with Crippen molar-refractivity contribution in [2.24, 2.45) is 0 Å². The molecule has 136 valence electrons. The van der Waals surface area contributed by atoms with E-state index in [0.717, 1.165) is 17.4 Å². The summed E-state index contributed by atoms with van der Waals surface area (Å²) >= 11 is 0. The highest BCUT2D eigenvalue weighted by Gasteiger charge is 2.34. The zero-order valence-electron chi connectivity index (χ0n) is 14.6. The maximum atomic E-state index is 13.7. The Bertz CT molecular complexity index is 1040. The number of rotatable bonds is 3. The molecule has 0 saturated heterocycles. The fourth-order valence-corrected chi connectivity index (χ4v) is 3.90. The molecule has 0 saturated carbocycles. The minimum atomic E-state index is -3.28. The number of fused-ring (bicyclic) bond motifs is 1. The SMILES string of the molecule is CC1=C(C(C)(O)O)c2cc(F)ccc2/C1=C\c1ccc(S(C)(=O)=O)cc1. The van der Waals surface area contributed by atoms with Crippen molar-refractivity contribution in [3.8, 4) is 0 Å². The topological polar surface area (TPSA) is 74.6 Å². The van der Waals surface area contributed by atoms with E-state index in [0.29, 0.717) is 16.7 Å². The number of allylic oxidation sites excluding steroid dienone is 2. The molecule has 2 N–H and O–H groups in total. The average Bonchev–Trinajstić information content (AvgIpc) is 2.78. The highest BCUT2D eigenvalue weighted by Crippen LogP contribution is 2.46. The monoisotopic (exact) mass is 374 g/mol. The van der Waals surface area contributed by atoms with Gasteiger partial charge in [0.05, 0.1) is 4.90 Å². The van der Waals surface area contributed by atoms with Crippen LogP contribution in [0.2, 0.25) is 0 Å². The fourth-order valence-electron chi connectivity index (χ4n) is 3.27. The Kier molecular flexibility index (Phi) is 4.38. The second-order valence-electron chi connectivity index (χ2n) is 6.61.